The summed E-state index contributed by atoms with van der Waals surface area (Å²) in [6, 6.07) is 5.33. The summed E-state index contributed by atoms with van der Waals surface area (Å²) >= 11 is 0. The first-order valence-corrected chi connectivity index (χ1v) is 6.43. The molecule has 0 aromatic heterocycles. The molecule has 1 aliphatic rings. The van der Waals surface area contributed by atoms with Gasteiger partial charge in [0, 0.05) is 11.3 Å². The normalized spacial score (nSPS) is 25.1. The summed E-state index contributed by atoms with van der Waals surface area (Å²) in [4.78, 5) is 0. The maximum absolute atomic E-state index is 13.5. The van der Waals surface area contributed by atoms with Crippen molar-refractivity contribution in [2.45, 2.75) is 58.3 Å². The molecular formula is C15H22FNO. The maximum atomic E-state index is 13.5. The van der Waals surface area contributed by atoms with Gasteiger partial charge in [-0.25, -0.2) is 4.39 Å². The van der Waals surface area contributed by atoms with Crippen LogP contribution >= 0.6 is 0 Å². The lowest BCUT2D eigenvalue weighted by molar-refractivity contribution is -0.0662. The Bertz CT molecular complexity index is 454. The summed E-state index contributed by atoms with van der Waals surface area (Å²) < 4.78 is 19.6. The Morgan fingerprint density at radius 1 is 1.28 bits per heavy atom. The van der Waals surface area contributed by atoms with Crippen molar-refractivity contribution in [3.8, 4) is 0 Å². The Balaban J connectivity index is 2.22. The van der Waals surface area contributed by atoms with Crippen molar-refractivity contribution in [1.82, 2.24) is 0 Å². The van der Waals surface area contributed by atoms with E-state index in [4.69, 9.17) is 4.74 Å². The standard InChI is InChI=1S/C15H22FNO/c1-10-11(16)7-6-8-12(10)17-13-9-14(2,3)18-15(13,4)5/h6-8,13,17H,9H2,1-5H3. The van der Waals surface area contributed by atoms with Crippen LogP contribution in [0.1, 0.15) is 39.7 Å². The molecular weight excluding hydrogens is 229 g/mol. The van der Waals surface area contributed by atoms with E-state index in [1.807, 2.05) is 6.07 Å². The van der Waals surface area contributed by atoms with Gasteiger partial charge in [-0.3, -0.25) is 0 Å². The first kappa shape index (κ1) is 13.3. The monoisotopic (exact) mass is 251 g/mol. The molecule has 0 saturated carbocycles. The van der Waals surface area contributed by atoms with Gasteiger partial charge in [-0.15, -0.1) is 0 Å². The van der Waals surface area contributed by atoms with Crippen LogP contribution in [-0.4, -0.2) is 17.2 Å². The summed E-state index contributed by atoms with van der Waals surface area (Å²) in [5, 5.41) is 3.43. The Kier molecular flexibility index (Phi) is 3.14. The van der Waals surface area contributed by atoms with Crippen LogP contribution in [0, 0.1) is 12.7 Å². The molecule has 1 N–H and O–H groups in total. The number of nitrogens with one attached hydrogen (secondary N) is 1. The molecule has 3 heteroatoms. The zero-order valence-corrected chi connectivity index (χ0v) is 11.8. The van der Waals surface area contributed by atoms with Crippen LogP contribution in [0.15, 0.2) is 18.2 Å². The highest BCUT2D eigenvalue weighted by atomic mass is 19.1. The van der Waals surface area contributed by atoms with Crippen LogP contribution in [0.2, 0.25) is 0 Å². The third-order valence-electron chi connectivity index (χ3n) is 3.67. The number of rotatable bonds is 2. The highest BCUT2D eigenvalue weighted by molar-refractivity contribution is 5.52. The molecule has 0 radical (unpaired) electrons. The minimum Gasteiger partial charge on any atom is -0.379 e. The van der Waals surface area contributed by atoms with E-state index in [0.29, 0.717) is 5.56 Å². The molecule has 1 saturated heterocycles. The van der Waals surface area contributed by atoms with Crippen LogP contribution in [0.4, 0.5) is 10.1 Å². The van der Waals surface area contributed by atoms with Gasteiger partial charge in [-0.05, 0) is 53.2 Å². The zero-order chi connectivity index (χ0) is 13.6. The largest absolute Gasteiger partial charge is 0.379 e. The maximum Gasteiger partial charge on any atom is 0.128 e. The van der Waals surface area contributed by atoms with Crippen LogP contribution < -0.4 is 5.32 Å². The van der Waals surface area contributed by atoms with E-state index in [1.54, 1.807) is 13.0 Å². The van der Waals surface area contributed by atoms with E-state index in [2.05, 4.69) is 33.0 Å². The molecule has 1 heterocycles. The van der Waals surface area contributed by atoms with Gasteiger partial charge in [0.05, 0.1) is 17.2 Å². The second-order valence-corrected chi connectivity index (χ2v) is 6.28. The summed E-state index contributed by atoms with van der Waals surface area (Å²) in [5.41, 5.74) is 1.14. The number of hydrogen-bond acceptors (Lipinski definition) is 2. The van der Waals surface area contributed by atoms with Gasteiger partial charge in [-0.2, -0.15) is 0 Å². The predicted molar refractivity (Wildman–Crippen MR) is 72.4 cm³/mol. The highest BCUT2D eigenvalue weighted by Gasteiger charge is 2.45. The molecule has 18 heavy (non-hydrogen) atoms. The Morgan fingerprint density at radius 3 is 2.50 bits per heavy atom. The average Bonchev–Trinajstić information content (AvgIpc) is 2.42. The van der Waals surface area contributed by atoms with E-state index in [1.165, 1.54) is 6.07 Å². The lowest BCUT2D eigenvalue weighted by atomic mass is 9.94. The number of halogens is 1. The predicted octanol–water partition coefficient (Wildman–Crippen LogP) is 3.89. The van der Waals surface area contributed by atoms with E-state index in [-0.39, 0.29) is 23.1 Å². The quantitative estimate of drug-likeness (QED) is 0.861. The SMILES string of the molecule is Cc1c(F)cccc1NC1CC(C)(C)OC1(C)C. The van der Waals surface area contributed by atoms with Crippen molar-refractivity contribution >= 4 is 5.69 Å². The molecule has 0 amide bonds. The fourth-order valence-electron chi connectivity index (χ4n) is 2.74. The molecule has 1 aromatic rings. The van der Waals surface area contributed by atoms with Crippen molar-refractivity contribution in [2.24, 2.45) is 0 Å². The van der Waals surface area contributed by atoms with Crippen molar-refractivity contribution in [3.63, 3.8) is 0 Å². The zero-order valence-electron chi connectivity index (χ0n) is 11.8. The number of anilines is 1. The van der Waals surface area contributed by atoms with E-state index in [0.717, 1.165) is 12.1 Å². The molecule has 1 aliphatic heterocycles. The van der Waals surface area contributed by atoms with Gasteiger partial charge in [0.15, 0.2) is 0 Å². The molecule has 1 unspecified atom stereocenters. The second-order valence-electron chi connectivity index (χ2n) is 6.28. The summed E-state index contributed by atoms with van der Waals surface area (Å²) in [5.74, 6) is -0.170. The van der Waals surface area contributed by atoms with Gasteiger partial charge < -0.3 is 10.1 Å². The summed E-state index contributed by atoms with van der Waals surface area (Å²) in [6.07, 6.45) is 0.913. The minimum absolute atomic E-state index is 0.137. The second kappa shape index (κ2) is 4.23. The third-order valence-corrected chi connectivity index (χ3v) is 3.67. The minimum atomic E-state index is -0.248. The molecule has 0 aliphatic carbocycles. The smallest absolute Gasteiger partial charge is 0.128 e. The van der Waals surface area contributed by atoms with Gasteiger partial charge in [0.25, 0.3) is 0 Å². The molecule has 2 nitrogen and oxygen atoms in total. The summed E-state index contributed by atoms with van der Waals surface area (Å²) in [7, 11) is 0. The number of ether oxygens (including phenoxy) is 1. The topological polar surface area (TPSA) is 21.3 Å². The van der Waals surface area contributed by atoms with Crippen molar-refractivity contribution < 1.29 is 9.13 Å². The number of hydrogen-bond donors (Lipinski definition) is 1. The first-order valence-electron chi connectivity index (χ1n) is 6.43. The average molecular weight is 251 g/mol. The molecule has 0 bridgehead atoms. The molecule has 100 valence electrons. The molecule has 0 spiro atoms. The Labute approximate surface area is 109 Å². The van der Waals surface area contributed by atoms with Gasteiger partial charge >= 0.3 is 0 Å². The fourth-order valence-corrected chi connectivity index (χ4v) is 2.74. The van der Waals surface area contributed by atoms with Crippen molar-refractivity contribution in [3.05, 3.63) is 29.6 Å². The summed E-state index contributed by atoms with van der Waals surface area (Å²) in [6.45, 7) is 10.1. The lowest BCUT2D eigenvalue weighted by Gasteiger charge is -2.28. The lowest BCUT2D eigenvalue weighted by Crippen LogP contribution is -2.38. The molecule has 1 aromatic carbocycles. The van der Waals surface area contributed by atoms with Crippen LogP contribution in [0.3, 0.4) is 0 Å². The van der Waals surface area contributed by atoms with Crippen molar-refractivity contribution in [2.75, 3.05) is 5.32 Å². The van der Waals surface area contributed by atoms with E-state index in [9.17, 15) is 4.39 Å². The van der Waals surface area contributed by atoms with Crippen LogP contribution in [-0.2, 0) is 4.74 Å². The van der Waals surface area contributed by atoms with Gasteiger partial charge in [0.2, 0.25) is 0 Å². The fraction of sp³-hybridized carbons (Fsp3) is 0.600. The number of benzene rings is 1. The van der Waals surface area contributed by atoms with E-state index < -0.39 is 0 Å². The third kappa shape index (κ3) is 2.51. The Morgan fingerprint density at radius 2 is 1.94 bits per heavy atom. The molecule has 1 fully saturated rings. The Hall–Kier alpha value is -1.09. The first-order chi connectivity index (χ1) is 8.21. The van der Waals surface area contributed by atoms with Crippen LogP contribution in [0.5, 0.6) is 0 Å². The van der Waals surface area contributed by atoms with Gasteiger partial charge in [0.1, 0.15) is 5.82 Å². The molecule has 1 atom stereocenters. The van der Waals surface area contributed by atoms with Crippen LogP contribution in [0.25, 0.3) is 0 Å². The molecule has 2 rings (SSSR count). The van der Waals surface area contributed by atoms with E-state index >= 15 is 0 Å². The highest BCUT2D eigenvalue weighted by Crippen LogP contribution is 2.39. The van der Waals surface area contributed by atoms with Crippen molar-refractivity contribution in [1.29, 1.82) is 0 Å². The van der Waals surface area contributed by atoms with Gasteiger partial charge in [-0.1, -0.05) is 6.07 Å².